The van der Waals surface area contributed by atoms with Crippen LogP contribution in [0.1, 0.15) is 77.7 Å². The molecule has 4 saturated carbocycles. The van der Waals surface area contributed by atoms with E-state index in [-0.39, 0.29) is 28.4 Å². The molecule has 0 spiro atoms. The molecular formula is C29H36O3. The number of benzene rings is 1. The summed E-state index contributed by atoms with van der Waals surface area (Å²) in [6.07, 6.45) is 6.79. The molecule has 4 aliphatic carbocycles. The van der Waals surface area contributed by atoms with Crippen molar-refractivity contribution in [3.63, 3.8) is 0 Å². The first kappa shape index (κ1) is 21.9. The van der Waals surface area contributed by atoms with Gasteiger partial charge in [0.1, 0.15) is 17.2 Å². The van der Waals surface area contributed by atoms with Crippen LogP contribution < -0.4 is 0 Å². The van der Waals surface area contributed by atoms with Crippen molar-refractivity contribution >= 4 is 11.6 Å². The fourth-order valence-electron chi connectivity index (χ4n) is 8.85. The third kappa shape index (κ3) is 3.21. The zero-order valence-electron chi connectivity index (χ0n) is 19.7. The summed E-state index contributed by atoms with van der Waals surface area (Å²) in [5, 5.41) is 12.4. The second-order valence-electron chi connectivity index (χ2n) is 11.7. The van der Waals surface area contributed by atoms with Crippen molar-refractivity contribution in [3.05, 3.63) is 35.9 Å². The summed E-state index contributed by atoms with van der Waals surface area (Å²) in [5.41, 5.74) is -0.513. The molecule has 5 rings (SSSR count). The Morgan fingerprint density at radius 1 is 1.06 bits per heavy atom. The Labute approximate surface area is 192 Å². The fourth-order valence-corrected chi connectivity index (χ4v) is 8.85. The van der Waals surface area contributed by atoms with Crippen LogP contribution in [0.25, 0.3) is 0 Å². The van der Waals surface area contributed by atoms with Crippen LogP contribution >= 0.6 is 0 Å². The largest absolute Gasteiger partial charge is 0.377 e. The van der Waals surface area contributed by atoms with Crippen molar-refractivity contribution in [2.24, 2.45) is 40.4 Å². The molecule has 1 aromatic rings. The van der Waals surface area contributed by atoms with Gasteiger partial charge in [0, 0.05) is 30.2 Å². The number of Topliss-reactive ketones (excluding diaryl/α,β-unsaturated/α-hetero) is 2. The molecule has 32 heavy (non-hydrogen) atoms. The Balaban J connectivity index is 1.62. The Morgan fingerprint density at radius 2 is 1.81 bits per heavy atom. The molecule has 0 aromatic heterocycles. The lowest BCUT2D eigenvalue weighted by molar-refractivity contribution is -0.197. The second-order valence-corrected chi connectivity index (χ2v) is 11.7. The van der Waals surface area contributed by atoms with Crippen LogP contribution in [0.15, 0.2) is 30.3 Å². The van der Waals surface area contributed by atoms with E-state index in [1.54, 1.807) is 6.92 Å². The lowest BCUT2D eigenvalue weighted by Crippen LogP contribution is -2.64. The van der Waals surface area contributed by atoms with Gasteiger partial charge in [-0.1, -0.05) is 43.9 Å². The van der Waals surface area contributed by atoms with E-state index >= 15 is 0 Å². The molecule has 3 nitrogen and oxygen atoms in total. The molecule has 1 N–H and O–H groups in total. The maximum Gasteiger partial charge on any atom is 0.133 e. The van der Waals surface area contributed by atoms with Gasteiger partial charge in [-0.2, -0.15) is 0 Å². The van der Waals surface area contributed by atoms with Gasteiger partial charge >= 0.3 is 0 Å². The number of rotatable bonds is 1. The highest BCUT2D eigenvalue weighted by Crippen LogP contribution is 2.69. The molecule has 8 atom stereocenters. The lowest BCUT2D eigenvalue weighted by atomic mass is 9.41. The predicted molar refractivity (Wildman–Crippen MR) is 125 cm³/mol. The van der Waals surface area contributed by atoms with E-state index in [1.807, 2.05) is 30.3 Å². The average Bonchev–Trinajstić information content (AvgIpc) is 3.10. The number of hydrogen-bond donors (Lipinski definition) is 1. The van der Waals surface area contributed by atoms with Crippen molar-refractivity contribution in [1.29, 1.82) is 0 Å². The minimum Gasteiger partial charge on any atom is -0.377 e. The van der Waals surface area contributed by atoms with E-state index in [1.165, 1.54) is 0 Å². The van der Waals surface area contributed by atoms with Gasteiger partial charge in [-0.15, -0.1) is 0 Å². The number of carbonyl (C=O) groups excluding carboxylic acids is 2. The van der Waals surface area contributed by atoms with Crippen LogP contribution in [-0.2, 0) is 9.59 Å². The molecule has 0 bridgehead atoms. The van der Waals surface area contributed by atoms with Gasteiger partial charge in [0.05, 0.1) is 0 Å². The van der Waals surface area contributed by atoms with Gasteiger partial charge in [0.2, 0.25) is 0 Å². The summed E-state index contributed by atoms with van der Waals surface area (Å²) in [6, 6.07) is 9.90. The molecule has 0 amide bonds. The van der Waals surface area contributed by atoms with E-state index in [0.717, 1.165) is 37.7 Å². The molecule has 0 heterocycles. The van der Waals surface area contributed by atoms with Crippen molar-refractivity contribution in [1.82, 2.24) is 0 Å². The molecule has 0 saturated heterocycles. The zero-order valence-corrected chi connectivity index (χ0v) is 19.7. The summed E-state index contributed by atoms with van der Waals surface area (Å²) in [5.74, 6) is 8.55. The Kier molecular flexibility index (Phi) is 5.17. The molecule has 1 aromatic carbocycles. The minimum absolute atomic E-state index is 0.0111. The molecule has 4 fully saturated rings. The van der Waals surface area contributed by atoms with E-state index in [0.29, 0.717) is 42.8 Å². The molecule has 0 aliphatic heterocycles. The Morgan fingerprint density at radius 3 is 2.53 bits per heavy atom. The number of ketones is 2. The highest BCUT2D eigenvalue weighted by atomic mass is 16.3. The minimum atomic E-state index is -1.14. The second kappa shape index (κ2) is 7.56. The quantitative estimate of drug-likeness (QED) is 0.621. The van der Waals surface area contributed by atoms with Crippen LogP contribution in [0.4, 0.5) is 0 Å². The maximum atomic E-state index is 12.6. The monoisotopic (exact) mass is 432 g/mol. The molecule has 0 unspecified atom stereocenters. The van der Waals surface area contributed by atoms with Crippen molar-refractivity contribution in [2.75, 3.05) is 0 Å². The van der Waals surface area contributed by atoms with Crippen LogP contribution in [0, 0.1) is 52.3 Å². The number of hydrogen-bond acceptors (Lipinski definition) is 3. The van der Waals surface area contributed by atoms with Gasteiger partial charge in [0.15, 0.2) is 0 Å². The topological polar surface area (TPSA) is 54.4 Å². The van der Waals surface area contributed by atoms with Crippen LogP contribution in [0.5, 0.6) is 0 Å². The molecule has 170 valence electrons. The highest BCUT2D eigenvalue weighted by Gasteiger charge is 2.67. The number of aliphatic hydroxyl groups is 1. The first-order chi connectivity index (χ1) is 15.2. The summed E-state index contributed by atoms with van der Waals surface area (Å²) in [4.78, 5) is 24.9. The van der Waals surface area contributed by atoms with E-state index in [2.05, 4.69) is 25.7 Å². The first-order valence-corrected chi connectivity index (χ1v) is 12.5. The van der Waals surface area contributed by atoms with E-state index in [9.17, 15) is 14.7 Å². The van der Waals surface area contributed by atoms with Crippen molar-refractivity contribution in [2.45, 2.75) is 77.7 Å². The highest BCUT2D eigenvalue weighted by molar-refractivity contribution is 5.80. The van der Waals surface area contributed by atoms with Gasteiger partial charge in [0.25, 0.3) is 0 Å². The standard InChI is InChI=1S/C29H36O3/c1-19(30)24-11-12-25-23-10-9-21-17-22(31)14-15-27(21,2)26(23)29(32,18-28(24,25)3)16-13-20-7-5-4-6-8-20/h4-8,21,23-26,32H,9-12,14-15,17-18H2,1-3H3/t21-,23+,24-,25+,26+,27+,28-,29+/m1/s1. The molecule has 4 aliphatic rings. The van der Waals surface area contributed by atoms with Crippen molar-refractivity contribution in [3.8, 4) is 11.8 Å². The first-order valence-electron chi connectivity index (χ1n) is 12.5. The van der Waals surface area contributed by atoms with E-state index < -0.39 is 5.60 Å². The normalized spacial score (nSPS) is 45.1. The van der Waals surface area contributed by atoms with Gasteiger partial charge in [-0.05, 0) is 86.2 Å². The third-order valence-electron chi connectivity index (χ3n) is 10.1. The Bertz CT molecular complexity index is 987. The average molecular weight is 433 g/mol. The molecule has 0 radical (unpaired) electrons. The van der Waals surface area contributed by atoms with Gasteiger partial charge < -0.3 is 5.11 Å². The van der Waals surface area contributed by atoms with Crippen LogP contribution in [0.2, 0.25) is 0 Å². The van der Waals surface area contributed by atoms with Crippen LogP contribution in [0.3, 0.4) is 0 Å². The molecule has 3 heteroatoms. The molecular weight excluding hydrogens is 396 g/mol. The van der Waals surface area contributed by atoms with Gasteiger partial charge in [-0.25, -0.2) is 0 Å². The van der Waals surface area contributed by atoms with Crippen LogP contribution in [-0.4, -0.2) is 22.3 Å². The summed E-state index contributed by atoms with van der Waals surface area (Å²) in [6.45, 7) is 6.31. The summed E-state index contributed by atoms with van der Waals surface area (Å²) < 4.78 is 0. The SMILES string of the molecule is CC(=O)[C@H]1CC[C@H]2[C@@H]3CC[C@@H]4CC(=O)CC[C@]4(C)[C@H]3[C@](O)(C#Cc3ccccc3)C[C@]12C. The lowest BCUT2D eigenvalue weighted by Gasteiger charge is -2.64. The van der Waals surface area contributed by atoms with Gasteiger partial charge in [-0.3, -0.25) is 9.59 Å². The zero-order chi connectivity index (χ0) is 22.7. The van der Waals surface area contributed by atoms with E-state index in [4.69, 9.17) is 0 Å². The van der Waals surface area contributed by atoms with Crippen molar-refractivity contribution < 1.29 is 14.7 Å². The third-order valence-corrected chi connectivity index (χ3v) is 10.1. The number of carbonyl (C=O) groups is 2. The summed E-state index contributed by atoms with van der Waals surface area (Å²) in [7, 11) is 0. The maximum absolute atomic E-state index is 12.6. The Hall–Kier alpha value is -1.92. The number of fused-ring (bicyclic) bond motifs is 5. The fraction of sp³-hybridized carbons (Fsp3) is 0.655. The predicted octanol–water partition coefficient (Wildman–Crippen LogP) is 5.20. The summed E-state index contributed by atoms with van der Waals surface area (Å²) >= 11 is 0. The smallest absolute Gasteiger partial charge is 0.133 e.